The Morgan fingerprint density at radius 2 is 2.26 bits per heavy atom. The average molecular weight is 266 g/mol. The van der Waals surface area contributed by atoms with E-state index in [1.54, 1.807) is 20.2 Å². The second kappa shape index (κ2) is 5.00. The summed E-state index contributed by atoms with van der Waals surface area (Å²) in [5, 5.41) is 2.64. The van der Waals surface area contributed by atoms with Gasteiger partial charge in [-0.1, -0.05) is 0 Å². The van der Waals surface area contributed by atoms with E-state index in [-0.39, 0.29) is 30.3 Å². The SMILES string of the molecule is CCOC(=O)c1nc(NC(=O)CC2(N)CC2)cn1C. The van der Waals surface area contributed by atoms with Crippen molar-refractivity contribution >= 4 is 17.7 Å². The molecule has 0 atom stereocenters. The predicted octanol–water partition coefficient (Wildman–Crippen LogP) is 0.417. The van der Waals surface area contributed by atoms with Crippen LogP contribution in [0.15, 0.2) is 6.20 Å². The summed E-state index contributed by atoms with van der Waals surface area (Å²) >= 11 is 0. The third-order valence-corrected chi connectivity index (χ3v) is 3.01. The Morgan fingerprint density at radius 3 is 2.84 bits per heavy atom. The summed E-state index contributed by atoms with van der Waals surface area (Å²) in [6.07, 6.45) is 3.59. The van der Waals surface area contributed by atoms with Gasteiger partial charge in [-0.2, -0.15) is 0 Å². The van der Waals surface area contributed by atoms with Crippen molar-refractivity contribution in [2.75, 3.05) is 11.9 Å². The Morgan fingerprint density at radius 1 is 1.58 bits per heavy atom. The van der Waals surface area contributed by atoms with Crippen molar-refractivity contribution in [3.8, 4) is 0 Å². The second-order valence-electron chi connectivity index (χ2n) is 4.87. The summed E-state index contributed by atoms with van der Waals surface area (Å²) in [5.41, 5.74) is 5.52. The van der Waals surface area contributed by atoms with Gasteiger partial charge in [-0.25, -0.2) is 9.78 Å². The Labute approximate surface area is 111 Å². The van der Waals surface area contributed by atoms with Gasteiger partial charge in [0.15, 0.2) is 5.82 Å². The van der Waals surface area contributed by atoms with Crippen LogP contribution >= 0.6 is 0 Å². The zero-order valence-corrected chi connectivity index (χ0v) is 11.1. The summed E-state index contributed by atoms with van der Waals surface area (Å²) in [6, 6.07) is 0. The molecule has 0 aliphatic heterocycles. The van der Waals surface area contributed by atoms with Crippen LogP contribution in [0.4, 0.5) is 5.82 Å². The predicted molar refractivity (Wildman–Crippen MR) is 68.6 cm³/mol. The lowest BCUT2D eigenvalue weighted by Gasteiger charge is -2.06. The van der Waals surface area contributed by atoms with Crippen LogP contribution in [0.1, 0.15) is 36.8 Å². The van der Waals surface area contributed by atoms with Crippen LogP contribution in [0, 0.1) is 0 Å². The number of rotatable bonds is 5. The van der Waals surface area contributed by atoms with E-state index >= 15 is 0 Å². The van der Waals surface area contributed by atoms with Crippen LogP contribution in [-0.2, 0) is 16.6 Å². The van der Waals surface area contributed by atoms with Crippen LogP contribution in [-0.4, -0.2) is 33.6 Å². The number of carbonyl (C=O) groups excluding carboxylic acids is 2. The number of ether oxygens (including phenoxy) is 1. The molecule has 1 aromatic rings. The Balaban J connectivity index is 1.99. The molecule has 1 aromatic heterocycles. The monoisotopic (exact) mass is 266 g/mol. The molecule has 0 aromatic carbocycles. The molecular formula is C12H18N4O3. The van der Waals surface area contributed by atoms with E-state index in [1.807, 2.05) is 0 Å². The molecule has 19 heavy (non-hydrogen) atoms. The highest BCUT2D eigenvalue weighted by Gasteiger charge is 2.40. The molecule has 0 saturated heterocycles. The number of hydrogen-bond donors (Lipinski definition) is 2. The quantitative estimate of drug-likeness (QED) is 0.752. The van der Waals surface area contributed by atoms with Gasteiger partial charge in [0.05, 0.1) is 6.61 Å². The highest BCUT2D eigenvalue weighted by atomic mass is 16.5. The third-order valence-electron chi connectivity index (χ3n) is 3.01. The Hall–Kier alpha value is -1.89. The Kier molecular flexibility index (Phi) is 3.57. The number of nitrogens with two attached hydrogens (primary N) is 1. The molecule has 1 heterocycles. The molecule has 0 unspecified atom stereocenters. The van der Waals surface area contributed by atoms with Gasteiger partial charge < -0.3 is 20.4 Å². The maximum Gasteiger partial charge on any atom is 0.374 e. The number of aromatic nitrogens is 2. The zero-order chi connectivity index (χ0) is 14.0. The van der Waals surface area contributed by atoms with E-state index < -0.39 is 5.97 Å². The van der Waals surface area contributed by atoms with E-state index in [4.69, 9.17) is 10.5 Å². The van der Waals surface area contributed by atoms with Crippen molar-refractivity contribution in [3.05, 3.63) is 12.0 Å². The van der Waals surface area contributed by atoms with Gasteiger partial charge in [-0.3, -0.25) is 4.79 Å². The van der Waals surface area contributed by atoms with Crippen molar-refractivity contribution in [1.82, 2.24) is 9.55 Å². The first kappa shape index (κ1) is 13.5. The normalized spacial score (nSPS) is 15.9. The molecule has 0 radical (unpaired) electrons. The van der Waals surface area contributed by atoms with Crippen LogP contribution in [0.3, 0.4) is 0 Å². The minimum atomic E-state index is -0.511. The fourth-order valence-corrected chi connectivity index (χ4v) is 1.76. The van der Waals surface area contributed by atoms with Gasteiger partial charge in [0, 0.05) is 25.2 Å². The van der Waals surface area contributed by atoms with Gasteiger partial charge in [0.2, 0.25) is 11.7 Å². The highest BCUT2D eigenvalue weighted by molar-refractivity contribution is 5.92. The summed E-state index contributed by atoms with van der Waals surface area (Å²) in [5.74, 6) is -0.206. The maximum atomic E-state index is 11.7. The van der Waals surface area contributed by atoms with Crippen LogP contribution < -0.4 is 11.1 Å². The van der Waals surface area contributed by atoms with Crippen molar-refractivity contribution in [2.24, 2.45) is 12.8 Å². The molecule has 7 nitrogen and oxygen atoms in total. The Bertz CT molecular complexity index is 505. The molecule has 1 amide bonds. The van der Waals surface area contributed by atoms with E-state index in [9.17, 15) is 9.59 Å². The first-order valence-corrected chi connectivity index (χ1v) is 6.23. The number of carbonyl (C=O) groups is 2. The maximum absolute atomic E-state index is 11.7. The molecule has 3 N–H and O–H groups in total. The lowest BCUT2D eigenvalue weighted by atomic mass is 10.2. The lowest BCUT2D eigenvalue weighted by molar-refractivity contribution is -0.116. The smallest absolute Gasteiger partial charge is 0.374 e. The topological polar surface area (TPSA) is 99.2 Å². The zero-order valence-electron chi connectivity index (χ0n) is 11.1. The standard InChI is InChI=1S/C12H18N4O3/c1-3-19-11(18)10-15-8(7-16(10)2)14-9(17)6-12(13)4-5-12/h7H,3-6,13H2,1-2H3,(H,14,17). The third kappa shape index (κ3) is 3.31. The van der Waals surface area contributed by atoms with Gasteiger partial charge in [0.25, 0.3) is 0 Å². The summed E-state index contributed by atoms with van der Waals surface area (Å²) in [7, 11) is 1.67. The van der Waals surface area contributed by atoms with E-state index in [0.717, 1.165) is 12.8 Å². The number of imidazole rings is 1. The lowest BCUT2D eigenvalue weighted by Crippen LogP contribution is -2.28. The van der Waals surface area contributed by atoms with Gasteiger partial charge >= 0.3 is 5.97 Å². The molecule has 104 valence electrons. The molecule has 2 rings (SSSR count). The minimum Gasteiger partial charge on any atom is -0.460 e. The fraction of sp³-hybridized carbons (Fsp3) is 0.583. The molecular weight excluding hydrogens is 248 g/mol. The molecule has 0 spiro atoms. The van der Waals surface area contributed by atoms with Crippen molar-refractivity contribution in [1.29, 1.82) is 0 Å². The van der Waals surface area contributed by atoms with Gasteiger partial charge in [0.1, 0.15) is 0 Å². The molecule has 1 aliphatic rings. The number of aryl methyl sites for hydroxylation is 1. The number of esters is 1. The summed E-state index contributed by atoms with van der Waals surface area (Å²) in [6.45, 7) is 2.00. The first-order chi connectivity index (χ1) is 8.93. The molecule has 0 bridgehead atoms. The van der Waals surface area contributed by atoms with E-state index in [1.165, 1.54) is 4.57 Å². The fourth-order valence-electron chi connectivity index (χ4n) is 1.76. The molecule has 1 fully saturated rings. The highest BCUT2D eigenvalue weighted by Crippen LogP contribution is 2.35. The van der Waals surface area contributed by atoms with Gasteiger partial charge in [-0.15, -0.1) is 0 Å². The van der Waals surface area contributed by atoms with E-state index in [2.05, 4.69) is 10.3 Å². The second-order valence-corrected chi connectivity index (χ2v) is 4.87. The summed E-state index contributed by atoms with van der Waals surface area (Å²) in [4.78, 5) is 27.3. The number of hydrogen-bond acceptors (Lipinski definition) is 5. The number of anilines is 1. The van der Waals surface area contributed by atoms with Crippen LogP contribution in [0.5, 0.6) is 0 Å². The van der Waals surface area contributed by atoms with Crippen molar-refractivity contribution < 1.29 is 14.3 Å². The van der Waals surface area contributed by atoms with E-state index in [0.29, 0.717) is 5.82 Å². The molecule has 7 heteroatoms. The summed E-state index contributed by atoms with van der Waals surface area (Å²) < 4.78 is 6.38. The van der Waals surface area contributed by atoms with Crippen LogP contribution in [0.25, 0.3) is 0 Å². The number of nitrogens with one attached hydrogen (secondary N) is 1. The molecule has 1 aliphatic carbocycles. The van der Waals surface area contributed by atoms with Crippen LogP contribution in [0.2, 0.25) is 0 Å². The number of nitrogens with zero attached hydrogens (tertiary/aromatic N) is 2. The first-order valence-electron chi connectivity index (χ1n) is 6.23. The average Bonchev–Trinajstić information content (AvgIpc) is 2.90. The number of amides is 1. The largest absolute Gasteiger partial charge is 0.460 e. The molecule has 1 saturated carbocycles. The van der Waals surface area contributed by atoms with Crippen molar-refractivity contribution in [3.63, 3.8) is 0 Å². The minimum absolute atomic E-state index is 0.158. The van der Waals surface area contributed by atoms with Crippen molar-refractivity contribution in [2.45, 2.75) is 31.7 Å². The van der Waals surface area contributed by atoms with Gasteiger partial charge in [-0.05, 0) is 19.8 Å².